The van der Waals surface area contributed by atoms with Crippen molar-refractivity contribution in [2.45, 2.75) is 44.4 Å². The number of halogens is 1. The number of hydrogen-bond acceptors (Lipinski definition) is 4. The Morgan fingerprint density at radius 3 is 2.53 bits per heavy atom. The number of aryl methyl sites for hydroxylation is 1. The van der Waals surface area contributed by atoms with Gasteiger partial charge in [0.15, 0.2) is 11.6 Å². The molecule has 1 aliphatic heterocycles. The molecule has 0 saturated carbocycles. The number of carbonyl (C=O) groups is 3. The fourth-order valence-electron chi connectivity index (χ4n) is 3.79. The standard InChI is InChI=1S/C23H25FN2O4/c1-3-23(13-12-21(28)26-22(23)29)16-6-8-17(9-7-16)25-20(27)11-5-15-4-10-19(30-2)18(24)14-15/h4,6-10,14H,3,5,11-13H2,1-2H3,(H,25,27)(H,26,28,29). The molecular formula is C23H25FN2O4. The van der Waals surface area contributed by atoms with Crippen molar-refractivity contribution in [2.75, 3.05) is 12.4 Å². The Balaban J connectivity index is 1.61. The van der Waals surface area contributed by atoms with Crippen molar-refractivity contribution in [1.82, 2.24) is 5.32 Å². The minimum atomic E-state index is -0.727. The number of nitrogens with one attached hydrogen (secondary N) is 2. The first-order chi connectivity index (χ1) is 14.4. The molecule has 158 valence electrons. The summed E-state index contributed by atoms with van der Waals surface area (Å²) in [5.74, 6) is -0.992. The van der Waals surface area contributed by atoms with Gasteiger partial charge in [-0.1, -0.05) is 25.1 Å². The molecule has 1 aliphatic rings. The zero-order valence-corrected chi connectivity index (χ0v) is 17.1. The highest BCUT2D eigenvalue weighted by atomic mass is 19.1. The van der Waals surface area contributed by atoms with Gasteiger partial charge in [0.25, 0.3) is 0 Å². The van der Waals surface area contributed by atoms with Crippen LogP contribution < -0.4 is 15.4 Å². The van der Waals surface area contributed by atoms with Crippen molar-refractivity contribution in [2.24, 2.45) is 0 Å². The highest BCUT2D eigenvalue weighted by Crippen LogP contribution is 2.36. The van der Waals surface area contributed by atoms with Crippen LogP contribution in [0.25, 0.3) is 0 Å². The minimum absolute atomic E-state index is 0.171. The number of hydrogen-bond donors (Lipinski definition) is 2. The molecule has 7 heteroatoms. The topological polar surface area (TPSA) is 84.5 Å². The second-order valence-electron chi connectivity index (χ2n) is 7.41. The molecule has 0 aromatic heterocycles. The van der Waals surface area contributed by atoms with E-state index in [4.69, 9.17) is 4.74 Å². The third-order valence-electron chi connectivity index (χ3n) is 5.65. The van der Waals surface area contributed by atoms with Gasteiger partial charge in [0, 0.05) is 18.5 Å². The summed E-state index contributed by atoms with van der Waals surface area (Å²) in [6.07, 6.45) is 1.97. The van der Waals surface area contributed by atoms with E-state index in [0.29, 0.717) is 36.9 Å². The number of methoxy groups -OCH3 is 1. The normalized spacial score (nSPS) is 18.6. The van der Waals surface area contributed by atoms with Crippen LogP contribution in [0.3, 0.4) is 0 Å². The third-order valence-corrected chi connectivity index (χ3v) is 5.65. The lowest BCUT2D eigenvalue weighted by Crippen LogP contribution is -2.51. The van der Waals surface area contributed by atoms with E-state index in [9.17, 15) is 18.8 Å². The summed E-state index contributed by atoms with van der Waals surface area (Å²) in [5, 5.41) is 5.24. The van der Waals surface area contributed by atoms with E-state index in [1.807, 2.05) is 19.1 Å². The molecule has 1 saturated heterocycles. The summed E-state index contributed by atoms with van der Waals surface area (Å²) in [6, 6.07) is 11.8. The Kier molecular flexibility index (Phi) is 6.50. The van der Waals surface area contributed by atoms with Crippen LogP contribution in [0.2, 0.25) is 0 Å². The minimum Gasteiger partial charge on any atom is -0.494 e. The van der Waals surface area contributed by atoms with Crippen molar-refractivity contribution < 1.29 is 23.5 Å². The van der Waals surface area contributed by atoms with Crippen molar-refractivity contribution in [3.05, 3.63) is 59.4 Å². The molecule has 1 atom stereocenters. The van der Waals surface area contributed by atoms with Gasteiger partial charge >= 0.3 is 0 Å². The van der Waals surface area contributed by atoms with Crippen LogP contribution in [0.1, 0.15) is 43.7 Å². The first kappa shape index (κ1) is 21.5. The van der Waals surface area contributed by atoms with E-state index in [1.54, 1.807) is 24.3 Å². The van der Waals surface area contributed by atoms with E-state index in [-0.39, 0.29) is 29.9 Å². The molecular weight excluding hydrogens is 387 g/mol. The predicted molar refractivity (Wildman–Crippen MR) is 111 cm³/mol. The summed E-state index contributed by atoms with van der Waals surface area (Å²) in [7, 11) is 1.40. The second-order valence-corrected chi connectivity index (χ2v) is 7.41. The number of amides is 3. The first-order valence-electron chi connectivity index (χ1n) is 9.95. The zero-order chi connectivity index (χ0) is 21.7. The quantitative estimate of drug-likeness (QED) is 0.682. The second kappa shape index (κ2) is 9.07. The molecule has 0 spiro atoms. The molecule has 0 radical (unpaired) electrons. The van der Waals surface area contributed by atoms with E-state index in [0.717, 1.165) is 5.56 Å². The van der Waals surface area contributed by atoms with E-state index >= 15 is 0 Å². The van der Waals surface area contributed by atoms with Crippen molar-refractivity contribution in [1.29, 1.82) is 0 Å². The fraction of sp³-hybridized carbons (Fsp3) is 0.348. The van der Waals surface area contributed by atoms with Gasteiger partial charge in [-0.2, -0.15) is 0 Å². The smallest absolute Gasteiger partial charge is 0.237 e. The highest BCUT2D eigenvalue weighted by Gasteiger charge is 2.42. The molecule has 3 rings (SSSR count). The van der Waals surface area contributed by atoms with Gasteiger partial charge in [-0.3, -0.25) is 19.7 Å². The number of imide groups is 1. The monoisotopic (exact) mass is 412 g/mol. The third kappa shape index (κ3) is 4.50. The van der Waals surface area contributed by atoms with Gasteiger partial charge in [-0.25, -0.2) is 4.39 Å². The highest BCUT2D eigenvalue weighted by molar-refractivity contribution is 6.03. The first-order valence-corrected chi connectivity index (χ1v) is 9.95. The molecule has 3 amide bonds. The van der Waals surface area contributed by atoms with Gasteiger partial charge in [0.2, 0.25) is 17.7 Å². The molecule has 2 aromatic carbocycles. The Labute approximate surface area is 174 Å². The number of benzene rings is 2. The Bertz CT molecular complexity index is 958. The lowest BCUT2D eigenvalue weighted by atomic mass is 9.72. The fourth-order valence-corrected chi connectivity index (χ4v) is 3.79. The maximum absolute atomic E-state index is 13.7. The number of ether oxygens (including phenoxy) is 1. The predicted octanol–water partition coefficient (Wildman–Crippen LogP) is 3.49. The summed E-state index contributed by atoms with van der Waals surface area (Å²) in [6.45, 7) is 1.92. The van der Waals surface area contributed by atoms with Crippen LogP contribution in [0.5, 0.6) is 5.75 Å². The summed E-state index contributed by atoms with van der Waals surface area (Å²) < 4.78 is 18.6. The molecule has 2 N–H and O–H groups in total. The van der Waals surface area contributed by atoms with Crippen LogP contribution in [-0.4, -0.2) is 24.8 Å². The van der Waals surface area contributed by atoms with Crippen molar-refractivity contribution in [3.63, 3.8) is 0 Å². The largest absolute Gasteiger partial charge is 0.494 e. The average molecular weight is 412 g/mol. The lowest BCUT2D eigenvalue weighted by molar-refractivity contribution is -0.138. The molecule has 6 nitrogen and oxygen atoms in total. The molecule has 0 bridgehead atoms. The van der Waals surface area contributed by atoms with Gasteiger partial charge in [-0.05, 0) is 54.7 Å². The van der Waals surface area contributed by atoms with Gasteiger partial charge in [0.05, 0.1) is 12.5 Å². The molecule has 1 fully saturated rings. The van der Waals surface area contributed by atoms with Gasteiger partial charge < -0.3 is 10.1 Å². The Hall–Kier alpha value is -3.22. The Morgan fingerprint density at radius 2 is 1.93 bits per heavy atom. The van der Waals surface area contributed by atoms with Crippen LogP contribution in [0.15, 0.2) is 42.5 Å². The zero-order valence-electron chi connectivity index (χ0n) is 17.1. The Morgan fingerprint density at radius 1 is 1.20 bits per heavy atom. The number of anilines is 1. The molecule has 0 aliphatic carbocycles. The van der Waals surface area contributed by atoms with Crippen LogP contribution in [0, 0.1) is 5.82 Å². The molecule has 1 heterocycles. The van der Waals surface area contributed by atoms with Gasteiger partial charge in [-0.15, -0.1) is 0 Å². The molecule has 30 heavy (non-hydrogen) atoms. The SMILES string of the molecule is CCC1(c2ccc(NC(=O)CCc3ccc(OC)c(F)c3)cc2)CCC(=O)NC1=O. The molecule has 1 unspecified atom stereocenters. The van der Waals surface area contributed by atoms with Crippen molar-refractivity contribution >= 4 is 23.4 Å². The van der Waals surface area contributed by atoms with Crippen LogP contribution in [0.4, 0.5) is 10.1 Å². The number of piperidine rings is 1. The summed E-state index contributed by atoms with van der Waals surface area (Å²) in [4.78, 5) is 36.2. The van der Waals surface area contributed by atoms with Crippen LogP contribution in [-0.2, 0) is 26.2 Å². The molecule has 2 aromatic rings. The number of rotatable bonds is 7. The lowest BCUT2D eigenvalue weighted by Gasteiger charge is -2.35. The van der Waals surface area contributed by atoms with E-state index in [1.165, 1.54) is 13.2 Å². The van der Waals surface area contributed by atoms with Crippen LogP contribution >= 0.6 is 0 Å². The number of carbonyl (C=O) groups excluding carboxylic acids is 3. The summed E-state index contributed by atoms with van der Waals surface area (Å²) in [5.41, 5.74) is 1.42. The van der Waals surface area contributed by atoms with Gasteiger partial charge in [0.1, 0.15) is 0 Å². The summed E-state index contributed by atoms with van der Waals surface area (Å²) >= 11 is 0. The van der Waals surface area contributed by atoms with E-state index in [2.05, 4.69) is 10.6 Å². The maximum Gasteiger partial charge on any atom is 0.237 e. The van der Waals surface area contributed by atoms with Crippen molar-refractivity contribution in [3.8, 4) is 5.75 Å². The maximum atomic E-state index is 13.7. The average Bonchev–Trinajstić information content (AvgIpc) is 2.73. The van der Waals surface area contributed by atoms with E-state index < -0.39 is 11.2 Å².